The monoisotopic (exact) mass is 226 g/mol. The van der Waals surface area contributed by atoms with Gasteiger partial charge in [0.25, 0.3) is 0 Å². The minimum Gasteiger partial charge on any atom is -0.504 e. The molecule has 0 amide bonds. The Morgan fingerprint density at radius 3 is 2.57 bits per heavy atom. The fourth-order valence-electron chi connectivity index (χ4n) is 1.21. The number of hydrogen-bond acceptors (Lipinski definition) is 4. The van der Waals surface area contributed by atoms with Gasteiger partial charge in [-0.3, -0.25) is 0 Å². The summed E-state index contributed by atoms with van der Waals surface area (Å²) in [6.45, 7) is 2.10. The Hall–Kier alpha value is -1.00. The first-order valence-corrected chi connectivity index (χ1v) is 6.00. The van der Waals surface area contributed by atoms with E-state index in [0.29, 0.717) is 0 Å². The summed E-state index contributed by atoms with van der Waals surface area (Å²) in [4.78, 5) is 3.06. The summed E-state index contributed by atoms with van der Waals surface area (Å²) >= 11 is 3.02. The highest BCUT2D eigenvalue weighted by atomic mass is 32.1. The first-order chi connectivity index (χ1) is 6.72. The molecule has 0 unspecified atom stereocenters. The van der Waals surface area contributed by atoms with Gasteiger partial charge < -0.3 is 10.2 Å². The van der Waals surface area contributed by atoms with Gasteiger partial charge in [-0.1, -0.05) is 6.92 Å². The Morgan fingerprint density at radius 2 is 2.07 bits per heavy atom. The lowest BCUT2D eigenvalue weighted by Crippen LogP contribution is -1.65. The van der Waals surface area contributed by atoms with E-state index in [2.05, 4.69) is 13.0 Å². The van der Waals surface area contributed by atoms with Crippen molar-refractivity contribution in [3.8, 4) is 21.3 Å². The Balaban J connectivity index is 2.44. The molecule has 2 nitrogen and oxygen atoms in total. The van der Waals surface area contributed by atoms with Gasteiger partial charge in [0.1, 0.15) is 0 Å². The van der Waals surface area contributed by atoms with Crippen LogP contribution in [0.5, 0.6) is 11.5 Å². The topological polar surface area (TPSA) is 40.5 Å². The lowest BCUT2D eigenvalue weighted by Gasteiger charge is -1.93. The van der Waals surface area contributed by atoms with Gasteiger partial charge in [-0.2, -0.15) is 0 Å². The van der Waals surface area contributed by atoms with E-state index in [-0.39, 0.29) is 11.5 Å². The maximum absolute atomic E-state index is 9.54. The van der Waals surface area contributed by atoms with E-state index in [9.17, 15) is 10.2 Å². The summed E-state index contributed by atoms with van der Waals surface area (Å²) in [6.07, 6.45) is 1.00. The van der Waals surface area contributed by atoms with Gasteiger partial charge in [0.15, 0.2) is 11.5 Å². The minimum atomic E-state index is -0.0311. The van der Waals surface area contributed by atoms with E-state index in [1.807, 2.05) is 6.07 Å². The van der Waals surface area contributed by atoms with E-state index in [4.69, 9.17) is 0 Å². The number of thiophene rings is 2. The van der Waals surface area contributed by atoms with Gasteiger partial charge in [0.2, 0.25) is 0 Å². The molecule has 14 heavy (non-hydrogen) atoms. The summed E-state index contributed by atoms with van der Waals surface area (Å²) in [5.74, 6) is -0.0315. The highest BCUT2D eigenvalue weighted by Crippen LogP contribution is 2.44. The Morgan fingerprint density at radius 1 is 1.29 bits per heavy atom. The normalized spacial score (nSPS) is 10.6. The number of rotatable bonds is 2. The SMILES string of the molecule is CCc1ccc(-c2scc(O)c2O)s1. The molecule has 4 heteroatoms. The number of aryl methyl sites for hydroxylation is 1. The lowest BCUT2D eigenvalue weighted by atomic mass is 10.3. The fraction of sp³-hybridized carbons (Fsp3) is 0.200. The molecule has 0 aromatic carbocycles. The molecule has 0 fully saturated rings. The Labute approximate surface area is 90.1 Å². The highest BCUT2D eigenvalue weighted by Gasteiger charge is 2.12. The zero-order chi connectivity index (χ0) is 10.1. The van der Waals surface area contributed by atoms with Crippen LogP contribution in [0.2, 0.25) is 0 Å². The van der Waals surface area contributed by atoms with Gasteiger partial charge in [0, 0.05) is 15.1 Å². The predicted molar refractivity (Wildman–Crippen MR) is 60.3 cm³/mol. The quantitative estimate of drug-likeness (QED) is 0.823. The second-order valence-corrected chi connectivity index (χ2v) is 4.97. The second-order valence-electron chi connectivity index (χ2n) is 2.92. The van der Waals surface area contributed by atoms with Gasteiger partial charge in [-0.25, -0.2) is 0 Å². The van der Waals surface area contributed by atoms with Crippen LogP contribution in [-0.4, -0.2) is 10.2 Å². The average molecular weight is 226 g/mol. The van der Waals surface area contributed by atoms with Crippen LogP contribution in [0.4, 0.5) is 0 Å². The molecule has 0 aliphatic carbocycles. The molecular weight excluding hydrogens is 216 g/mol. The smallest absolute Gasteiger partial charge is 0.177 e. The number of aromatic hydroxyl groups is 2. The maximum atomic E-state index is 9.54. The van der Waals surface area contributed by atoms with E-state index in [1.54, 1.807) is 16.7 Å². The molecule has 2 aromatic heterocycles. The summed E-state index contributed by atoms with van der Waals surface area (Å²) in [6, 6.07) is 4.03. The van der Waals surface area contributed by atoms with E-state index < -0.39 is 0 Å². The zero-order valence-electron chi connectivity index (χ0n) is 7.65. The van der Waals surface area contributed by atoms with Crippen molar-refractivity contribution in [3.05, 3.63) is 22.4 Å². The van der Waals surface area contributed by atoms with Crippen LogP contribution in [0.1, 0.15) is 11.8 Å². The van der Waals surface area contributed by atoms with Crippen LogP contribution >= 0.6 is 22.7 Å². The van der Waals surface area contributed by atoms with E-state index in [1.165, 1.54) is 16.2 Å². The fourth-order valence-corrected chi connectivity index (χ4v) is 3.11. The molecule has 0 atom stereocenters. The molecular formula is C10H10O2S2. The van der Waals surface area contributed by atoms with Crippen molar-refractivity contribution in [2.24, 2.45) is 0 Å². The van der Waals surface area contributed by atoms with Crippen LogP contribution in [0.3, 0.4) is 0 Å². The molecule has 0 saturated carbocycles. The summed E-state index contributed by atoms with van der Waals surface area (Å²) in [5.41, 5.74) is 0. The van der Waals surface area contributed by atoms with Crippen molar-refractivity contribution in [2.75, 3.05) is 0 Å². The third kappa shape index (κ3) is 1.51. The summed E-state index contributed by atoms with van der Waals surface area (Å²) in [5, 5.41) is 20.3. The van der Waals surface area contributed by atoms with Gasteiger partial charge >= 0.3 is 0 Å². The molecule has 0 aliphatic rings. The molecule has 2 N–H and O–H groups in total. The largest absolute Gasteiger partial charge is 0.504 e. The van der Waals surface area contributed by atoms with Crippen molar-refractivity contribution < 1.29 is 10.2 Å². The standard InChI is InChI=1S/C10H10O2S2/c1-2-6-3-4-8(14-6)10-9(12)7(11)5-13-10/h3-5,11-12H,2H2,1H3. The Kier molecular flexibility index (Phi) is 2.48. The van der Waals surface area contributed by atoms with Crippen LogP contribution in [-0.2, 0) is 6.42 Å². The van der Waals surface area contributed by atoms with Crippen molar-refractivity contribution in [2.45, 2.75) is 13.3 Å². The van der Waals surface area contributed by atoms with Gasteiger partial charge in [-0.15, -0.1) is 22.7 Å². The van der Waals surface area contributed by atoms with Crippen LogP contribution < -0.4 is 0 Å². The molecule has 0 saturated heterocycles. The van der Waals surface area contributed by atoms with E-state index >= 15 is 0 Å². The summed E-state index contributed by atoms with van der Waals surface area (Å²) in [7, 11) is 0. The summed E-state index contributed by atoms with van der Waals surface area (Å²) < 4.78 is 0. The second kappa shape index (κ2) is 3.63. The molecule has 2 heterocycles. The van der Waals surface area contributed by atoms with Crippen molar-refractivity contribution in [1.29, 1.82) is 0 Å². The average Bonchev–Trinajstić information content (AvgIpc) is 2.75. The molecule has 74 valence electrons. The first kappa shape index (κ1) is 9.55. The van der Waals surface area contributed by atoms with E-state index in [0.717, 1.165) is 16.2 Å². The molecule has 0 spiro atoms. The van der Waals surface area contributed by atoms with Crippen LogP contribution in [0, 0.1) is 0 Å². The van der Waals surface area contributed by atoms with Gasteiger partial charge in [0.05, 0.1) is 4.88 Å². The Bertz CT molecular complexity index is 443. The maximum Gasteiger partial charge on any atom is 0.177 e. The third-order valence-electron chi connectivity index (χ3n) is 1.98. The predicted octanol–water partition coefficient (Wildman–Crippen LogP) is 3.45. The molecule has 0 bridgehead atoms. The van der Waals surface area contributed by atoms with Crippen molar-refractivity contribution in [3.63, 3.8) is 0 Å². The van der Waals surface area contributed by atoms with Crippen molar-refractivity contribution in [1.82, 2.24) is 0 Å². The molecule has 2 aromatic rings. The van der Waals surface area contributed by atoms with Gasteiger partial charge in [-0.05, 0) is 18.6 Å². The highest BCUT2D eigenvalue weighted by molar-refractivity contribution is 7.21. The van der Waals surface area contributed by atoms with Crippen molar-refractivity contribution >= 4 is 22.7 Å². The molecule has 0 aliphatic heterocycles. The molecule has 0 radical (unpaired) electrons. The zero-order valence-corrected chi connectivity index (χ0v) is 9.28. The third-order valence-corrected chi connectivity index (χ3v) is 4.35. The minimum absolute atomic E-state index is 0.000460. The number of hydrogen-bond donors (Lipinski definition) is 2. The van der Waals surface area contributed by atoms with Crippen LogP contribution in [0.25, 0.3) is 9.75 Å². The molecule has 2 rings (SSSR count). The first-order valence-electron chi connectivity index (χ1n) is 4.31. The van der Waals surface area contributed by atoms with Crippen LogP contribution in [0.15, 0.2) is 17.5 Å². The lowest BCUT2D eigenvalue weighted by molar-refractivity contribution is 0.409.